The Hall–Kier alpha value is -1.10. The minimum absolute atomic E-state index is 0.0594. The highest BCUT2D eigenvalue weighted by Crippen LogP contribution is 2.23. The fraction of sp³-hybridized carbons (Fsp3) is 0.846. The number of nitrogens with zero attached hydrogens (tertiary/aromatic N) is 2. The lowest BCUT2D eigenvalue weighted by molar-refractivity contribution is -0.155. The van der Waals surface area contributed by atoms with Gasteiger partial charge in [0.1, 0.15) is 5.92 Å². The number of methoxy groups -OCH3 is 1. The molecule has 0 aromatic carbocycles. The van der Waals surface area contributed by atoms with Gasteiger partial charge in [-0.1, -0.05) is 6.92 Å². The van der Waals surface area contributed by atoms with E-state index in [9.17, 15) is 9.59 Å². The minimum atomic E-state index is -0.622. The molecular formula is C13H22N2O3. The maximum atomic E-state index is 12.3. The summed E-state index contributed by atoms with van der Waals surface area (Å²) in [4.78, 5) is 28.2. The number of fused-ring (bicyclic) bond motifs is 1. The van der Waals surface area contributed by atoms with Crippen LogP contribution in [0, 0.1) is 5.92 Å². The molecule has 2 aliphatic rings. The van der Waals surface area contributed by atoms with Crippen LogP contribution in [-0.4, -0.2) is 61.0 Å². The fourth-order valence-electron chi connectivity index (χ4n) is 3.00. The van der Waals surface area contributed by atoms with Gasteiger partial charge in [0.25, 0.3) is 0 Å². The third kappa shape index (κ3) is 2.51. The molecule has 0 bridgehead atoms. The zero-order valence-electron chi connectivity index (χ0n) is 11.2. The first kappa shape index (κ1) is 13.3. The first-order valence-electron chi connectivity index (χ1n) is 6.78. The molecule has 0 aromatic rings. The van der Waals surface area contributed by atoms with Crippen molar-refractivity contribution >= 4 is 11.9 Å². The summed E-state index contributed by atoms with van der Waals surface area (Å²) in [6.07, 6.45) is 2.90. The molecule has 2 rings (SSSR count). The van der Waals surface area contributed by atoms with Gasteiger partial charge in [-0.15, -0.1) is 0 Å². The van der Waals surface area contributed by atoms with E-state index in [1.165, 1.54) is 20.0 Å². The SMILES string of the molecule is CCC(C(=O)OC)C(=O)N1CCN2CCCC2C1. The highest BCUT2D eigenvalue weighted by molar-refractivity contribution is 5.97. The van der Waals surface area contributed by atoms with Crippen molar-refractivity contribution in [2.75, 3.05) is 33.3 Å². The predicted octanol–water partition coefficient (Wildman–Crippen LogP) is 0.492. The van der Waals surface area contributed by atoms with Gasteiger partial charge < -0.3 is 9.64 Å². The molecule has 102 valence electrons. The van der Waals surface area contributed by atoms with Crippen molar-refractivity contribution in [3.63, 3.8) is 0 Å². The van der Waals surface area contributed by atoms with Crippen molar-refractivity contribution in [1.29, 1.82) is 0 Å². The van der Waals surface area contributed by atoms with Gasteiger partial charge in [-0.05, 0) is 25.8 Å². The third-order valence-corrected chi connectivity index (χ3v) is 4.09. The van der Waals surface area contributed by atoms with Crippen LogP contribution in [0.5, 0.6) is 0 Å². The van der Waals surface area contributed by atoms with Crippen LogP contribution in [0.2, 0.25) is 0 Å². The molecule has 2 unspecified atom stereocenters. The molecule has 0 aliphatic carbocycles. The number of ether oxygens (including phenoxy) is 1. The van der Waals surface area contributed by atoms with Gasteiger partial charge >= 0.3 is 5.97 Å². The Kier molecular flexibility index (Phi) is 4.22. The summed E-state index contributed by atoms with van der Waals surface area (Å²) in [5, 5.41) is 0. The van der Waals surface area contributed by atoms with Crippen LogP contribution in [0.1, 0.15) is 26.2 Å². The summed E-state index contributed by atoms with van der Waals surface area (Å²) in [6.45, 7) is 5.45. The number of hydrogen-bond donors (Lipinski definition) is 0. The van der Waals surface area contributed by atoms with Crippen LogP contribution in [0.25, 0.3) is 0 Å². The molecule has 0 aromatic heterocycles. The number of carbonyl (C=O) groups is 2. The second-order valence-electron chi connectivity index (χ2n) is 5.10. The number of hydrogen-bond acceptors (Lipinski definition) is 4. The minimum Gasteiger partial charge on any atom is -0.468 e. The molecule has 2 fully saturated rings. The fourth-order valence-corrected chi connectivity index (χ4v) is 3.00. The molecule has 2 saturated heterocycles. The Morgan fingerprint density at radius 3 is 2.78 bits per heavy atom. The highest BCUT2D eigenvalue weighted by atomic mass is 16.5. The molecule has 0 saturated carbocycles. The molecule has 2 heterocycles. The van der Waals surface area contributed by atoms with Gasteiger partial charge in [-0.25, -0.2) is 0 Å². The molecule has 0 radical (unpaired) electrons. The van der Waals surface area contributed by atoms with Gasteiger partial charge in [-0.2, -0.15) is 0 Å². The molecule has 1 amide bonds. The van der Waals surface area contributed by atoms with Crippen molar-refractivity contribution in [3.8, 4) is 0 Å². The van der Waals surface area contributed by atoms with E-state index in [1.807, 2.05) is 11.8 Å². The molecule has 0 spiro atoms. The zero-order chi connectivity index (χ0) is 13.1. The van der Waals surface area contributed by atoms with Crippen LogP contribution in [0.4, 0.5) is 0 Å². The summed E-state index contributed by atoms with van der Waals surface area (Å²) in [6, 6.07) is 0.498. The maximum absolute atomic E-state index is 12.3. The van der Waals surface area contributed by atoms with Crippen molar-refractivity contribution in [2.45, 2.75) is 32.2 Å². The van der Waals surface area contributed by atoms with E-state index in [0.29, 0.717) is 12.5 Å². The van der Waals surface area contributed by atoms with Crippen LogP contribution in [0.3, 0.4) is 0 Å². The average molecular weight is 254 g/mol. The summed E-state index contributed by atoms with van der Waals surface area (Å²) < 4.78 is 4.70. The monoisotopic (exact) mass is 254 g/mol. The smallest absolute Gasteiger partial charge is 0.318 e. The predicted molar refractivity (Wildman–Crippen MR) is 67.0 cm³/mol. The van der Waals surface area contributed by atoms with Crippen molar-refractivity contribution in [1.82, 2.24) is 9.80 Å². The molecule has 2 atom stereocenters. The van der Waals surface area contributed by atoms with Crippen molar-refractivity contribution < 1.29 is 14.3 Å². The first-order chi connectivity index (χ1) is 8.67. The van der Waals surface area contributed by atoms with Crippen LogP contribution < -0.4 is 0 Å². The Morgan fingerprint density at radius 1 is 1.33 bits per heavy atom. The lowest BCUT2D eigenvalue weighted by Crippen LogP contribution is -2.54. The average Bonchev–Trinajstić information content (AvgIpc) is 2.86. The van der Waals surface area contributed by atoms with E-state index in [0.717, 1.165) is 26.2 Å². The van der Waals surface area contributed by atoms with E-state index < -0.39 is 11.9 Å². The lowest BCUT2D eigenvalue weighted by atomic mass is 10.0. The number of piperazine rings is 1. The van der Waals surface area contributed by atoms with Gasteiger partial charge in [-0.3, -0.25) is 14.5 Å². The van der Waals surface area contributed by atoms with Crippen LogP contribution in [0.15, 0.2) is 0 Å². The van der Waals surface area contributed by atoms with Gasteiger partial charge in [0, 0.05) is 25.7 Å². The van der Waals surface area contributed by atoms with E-state index in [4.69, 9.17) is 4.74 Å². The number of carbonyl (C=O) groups excluding carboxylic acids is 2. The van der Waals surface area contributed by atoms with E-state index in [2.05, 4.69) is 4.90 Å². The normalized spacial score (nSPS) is 25.7. The largest absolute Gasteiger partial charge is 0.468 e. The molecule has 5 nitrogen and oxygen atoms in total. The molecular weight excluding hydrogens is 232 g/mol. The summed E-state index contributed by atoms with van der Waals surface area (Å²) in [5.41, 5.74) is 0. The highest BCUT2D eigenvalue weighted by Gasteiger charge is 2.36. The van der Waals surface area contributed by atoms with Crippen LogP contribution in [-0.2, 0) is 14.3 Å². The standard InChI is InChI=1S/C13H22N2O3/c1-3-11(13(17)18-2)12(16)15-8-7-14-6-4-5-10(14)9-15/h10-11H,3-9H2,1-2H3. The molecule has 18 heavy (non-hydrogen) atoms. The Labute approximate surface area is 108 Å². The van der Waals surface area contributed by atoms with Crippen molar-refractivity contribution in [3.05, 3.63) is 0 Å². The number of amides is 1. The second kappa shape index (κ2) is 5.69. The molecule has 5 heteroatoms. The zero-order valence-corrected chi connectivity index (χ0v) is 11.2. The van der Waals surface area contributed by atoms with E-state index in [1.54, 1.807) is 0 Å². The quantitative estimate of drug-likeness (QED) is 0.543. The lowest BCUT2D eigenvalue weighted by Gasteiger charge is -2.38. The first-order valence-corrected chi connectivity index (χ1v) is 6.78. The van der Waals surface area contributed by atoms with Crippen LogP contribution >= 0.6 is 0 Å². The van der Waals surface area contributed by atoms with Gasteiger partial charge in [0.2, 0.25) is 5.91 Å². The van der Waals surface area contributed by atoms with E-state index >= 15 is 0 Å². The van der Waals surface area contributed by atoms with Crippen molar-refractivity contribution in [2.24, 2.45) is 5.92 Å². The number of esters is 1. The van der Waals surface area contributed by atoms with E-state index in [-0.39, 0.29) is 5.91 Å². The summed E-state index contributed by atoms with van der Waals surface area (Å²) >= 11 is 0. The topological polar surface area (TPSA) is 49.9 Å². The van der Waals surface area contributed by atoms with Gasteiger partial charge in [0.15, 0.2) is 0 Å². The summed E-state index contributed by atoms with van der Waals surface area (Å²) in [7, 11) is 1.34. The third-order valence-electron chi connectivity index (χ3n) is 4.09. The second-order valence-corrected chi connectivity index (χ2v) is 5.10. The molecule has 2 aliphatic heterocycles. The van der Waals surface area contributed by atoms with Gasteiger partial charge in [0.05, 0.1) is 7.11 Å². The Bertz CT molecular complexity index is 332. The Morgan fingerprint density at radius 2 is 2.11 bits per heavy atom. The summed E-state index contributed by atoms with van der Waals surface area (Å²) in [5.74, 6) is -1.09. The number of rotatable bonds is 3. The maximum Gasteiger partial charge on any atom is 0.318 e. The molecule has 0 N–H and O–H groups in total. The Balaban J connectivity index is 1.98.